The van der Waals surface area contributed by atoms with Crippen LogP contribution in [0.5, 0.6) is 0 Å². The highest BCUT2D eigenvalue weighted by molar-refractivity contribution is 4.50. The monoisotopic (exact) mass is 128 g/mol. The molecule has 1 heteroatoms. The second-order valence-corrected chi connectivity index (χ2v) is 2.73. The van der Waals surface area contributed by atoms with Gasteiger partial charge in [-0.2, -0.15) is 0 Å². The lowest BCUT2D eigenvalue weighted by Gasteiger charge is -2.08. The molecular weight excluding hydrogens is 112 g/mol. The Morgan fingerprint density at radius 2 is 1.00 bits per heavy atom. The zero-order chi connectivity index (χ0) is 6.36. The molecule has 1 nitrogen and oxygen atoms in total. The van der Waals surface area contributed by atoms with Gasteiger partial charge < -0.3 is 4.74 Å². The number of rotatable bonds is 0. The summed E-state index contributed by atoms with van der Waals surface area (Å²) in [7, 11) is 0. The van der Waals surface area contributed by atoms with Crippen LogP contribution in [-0.4, -0.2) is 13.2 Å². The maximum atomic E-state index is 5.07. The summed E-state index contributed by atoms with van der Waals surface area (Å²) in [6.45, 7) is 2.00. The van der Waals surface area contributed by atoms with Gasteiger partial charge in [0.25, 0.3) is 0 Å². The van der Waals surface area contributed by atoms with Gasteiger partial charge in [0.2, 0.25) is 0 Å². The van der Waals surface area contributed by atoms with Crippen molar-refractivity contribution in [3.63, 3.8) is 0 Å². The molecule has 2 rings (SSSR count). The van der Waals surface area contributed by atoms with Crippen molar-refractivity contribution >= 4 is 0 Å². The van der Waals surface area contributed by atoms with Gasteiger partial charge in [-0.15, -0.1) is 0 Å². The van der Waals surface area contributed by atoms with E-state index in [0.29, 0.717) is 0 Å². The maximum Gasteiger partial charge on any atom is 0.0466 e. The SMILES string of the molecule is C1CC1.C1CCOCC1. The first kappa shape index (κ1) is 7.07. The molecule has 2 fully saturated rings. The van der Waals surface area contributed by atoms with E-state index in [0.717, 1.165) is 13.2 Å². The van der Waals surface area contributed by atoms with Crippen molar-refractivity contribution in [2.45, 2.75) is 38.5 Å². The molecule has 0 N–H and O–H groups in total. The van der Waals surface area contributed by atoms with E-state index >= 15 is 0 Å². The molecule has 54 valence electrons. The molecular formula is C8H16O. The van der Waals surface area contributed by atoms with Gasteiger partial charge in [0.15, 0.2) is 0 Å². The zero-order valence-electron chi connectivity index (χ0n) is 6.07. The molecule has 0 bridgehead atoms. The minimum absolute atomic E-state index is 1.00. The molecule has 1 saturated heterocycles. The van der Waals surface area contributed by atoms with Crippen molar-refractivity contribution in [2.24, 2.45) is 0 Å². The molecule has 0 aromatic rings. The first-order valence-electron chi connectivity index (χ1n) is 4.08. The molecule has 0 atom stereocenters. The Hall–Kier alpha value is -0.0400. The molecule has 0 radical (unpaired) electrons. The second kappa shape index (κ2) is 4.80. The minimum atomic E-state index is 1.00. The molecule has 0 unspecified atom stereocenters. The standard InChI is InChI=1S/C5H10O.C3H6/c1-2-4-6-5-3-1;1-2-3-1/h1-5H2;1-3H2. The van der Waals surface area contributed by atoms with Crippen molar-refractivity contribution in [3.8, 4) is 0 Å². The largest absolute Gasteiger partial charge is 0.381 e. The minimum Gasteiger partial charge on any atom is -0.381 e. The molecule has 0 aromatic carbocycles. The highest BCUT2D eigenvalue weighted by atomic mass is 16.5. The smallest absolute Gasteiger partial charge is 0.0466 e. The van der Waals surface area contributed by atoms with E-state index in [9.17, 15) is 0 Å². The average Bonchev–Trinajstić information content (AvgIpc) is 2.76. The lowest BCUT2D eigenvalue weighted by Crippen LogP contribution is -2.03. The summed E-state index contributed by atoms with van der Waals surface area (Å²) in [4.78, 5) is 0. The number of hydrogen-bond acceptors (Lipinski definition) is 1. The van der Waals surface area contributed by atoms with E-state index in [1.807, 2.05) is 0 Å². The van der Waals surface area contributed by atoms with Gasteiger partial charge in [-0.05, 0) is 19.3 Å². The summed E-state index contributed by atoms with van der Waals surface area (Å²) < 4.78 is 5.07. The van der Waals surface area contributed by atoms with Crippen LogP contribution < -0.4 is 0 Å². The van der Waals surface area contributed by atoms with Crippen molar-refractivity contribution in [2.75, 3.05) is 13.2 Å². The molecule has 9 heavy (non-hydrogen) atoms. The summed E-state index contributed by atoms with van der Waals surface area (Å²) in [6, 6.07) is 0. The van der Waals surface area contributed by atoms with E-state index in [4.69, 9.17) is 4.74 Å². The molecule has 0 spiro atoms. The Morgan fingerprint density at radius 1 is 0.556 bits per heavy atom. The molecule has 0 aromatic heterocycles. The van der Waals surface area contributed by atoms with E-state index in [2.05, 4.69) is 0 Å². The van der Waals surface area contributed by atoms with Gasteiger partial charge in [0.05, 0.1) is 0 Å². The lowest BCUT2D eigenvalue weighted by molar-refractivity contribution is 0.0968. The summed E-state index contributed by atoms with van der Waals surface area (Å²) in [5, 5.41) is 0. The van der Waals surface area contributed by atoms with Crippen molar-refractivity contribution in [3.05, 3.63) is 0 Å². The Bertz CT molecular complexity index is 41.3. The van der Waals surface area contributed by atoms with Crippen LogP contribution in [0, 0.1) is 0 Å². The zero-order valence-corrected chi connectivity index (χ0v) is 6.07. The van der Waals surface area contributed by atoms with Crippen LogP contribution in [0.25, 0.3) is 0 Å². The third-order valence-electron chi connectivity index (χ3n) is 1.43. The van der Waals surface area contributed by atoms with E-state index in [1.54, 1.807) is 0 Å². The fraction of sp³-hybridized carbons (Fsp3) is 1.00. The van der Waals surface area contributed by atoms with Gasteiger partial charge in [-0.25, -0.2) is 0 Å². The van der Waals surface area contributed by atoms with Crippen LogP contribution in [0.15, 0.2) is 0 Å². The Kier molecular flexibility index (Phi) is 3.77. The van der Waals surface area contributed by atoms with Crippen LogP contribution in [0.1, 0.15) is 38.5 Å². The first-order chi connectivity index (χ1) is 4.50. The van der Waals surface area contributed by atoms with Crippen molar-refractivity contribution in [1.82, 2.24) is 0 Å². The van der Waals surface area contributed by atoms with Crippen LogP contribution in [0.2, 0.25) is 0 Å². The highest BCUT2D eigenvalue weighted by Crippen LogP contribution is 2.14. The second-order valence-electron chi connectivity index (χ2n) is 2.73. The summed E-state index contributed by atoms with van der Waals surface area (Å²) in [6.07, 6.45) is 8.43. The van der Waals surface area contributed by atoms with Gasteiger partial charge in [0.1, 0.15) is 0 Å². The van der Waals surface area contributed by atoms with Crippen molar-refractivity contribution < 1.29 is 4.74 Å². The summed E-state index contributed by atoms with van der Waals surface area (Å²) in [5.41, 5.74) is 0. The lowest BCUT2D eigenvalue weighted by atomic mass is 10.2. The van der Waals surface area contributed by atoms with Crippen molar-refractivity contribution in [1.29, 1.82) is 0 Å². The number of hydrogen-bond donors (Lipinski definition) is 0. The third kappa shape index (κ3) is 5.84. The summed E-state index contributed by atoms with van der Waals surface area (Å²) >= 11 is 0. The van der Waals surface area contributed by atoms with Gasteiger partial charge in [-0.1, -0.05) is 19.3 Å². The molecule has 1 heterocycles. The van der Waals surface area contributed by atoms with Crippen LogP contribution >= 0.6 is 0 Å². The fourth-order valence-electron chi connectivity index (χ4n) is 0.687. The Labute approximate surface area is 57.4 Å². The third-order valence-corrected chi connectivity index (χ3v) is 1.43. The quantitative estimate of drug-likeness (QED) is 0.486. The molecule has 1 aliphatic carbocycles. The van der Waals surface area contributed by atoms with Crippen LogP contribution in [0.3, 0.4) is 0 Å². The average molecular weight is 128 g/mol. The van der Waals surface area contributed by atoms with E-state index in [-0.39, 0.29) is 0 Å². The molecule has 0 amide bonds. The maximum absolute atomic E-state index is 5.07. The van der Waals surface area contributed by atoms with E-state index < -0.39 is 0 Å². The topological polar surface area (TPSA) is 9.23 Å². The van der Waals surface area contributed by atoms with E-state index in [1.165, 1.54) is 38.5 Å². The normalized spacial score (nSPS) is 24.0. The predicted octanol–water partition coefficient (Wildman–Crippen LogP) is 2.36. The number of ether oxygens (including phenoxy) is 1. The molecule has 1 aliphatic heterocycles. The fourth-order valence-corrected chi connectivity index (χ4v) is 0.687. The van der Waals surface area contributed by atoms with Crippen LogP contribution in [-0.2, 0) is 4.74 Å². The van der Waals surface area contributed by atoms with Crippen LogP contribution in [0.4, 0.5) is 0 Å². The Balaban J connectivity index is 0.000000112. The van der Waals surface area contributed by atoms with Gasteiger partial charge in [-0.3, -0.25) is 0 Å². The highest BCUT2D eigenvalue weighted by Gasteiger charge is 1.95. The Morgan fingerprint density at radius 3 is 1.11 bits per heavy atom. The first-order valence-corrected chi connectivity index (χ1v) is 4.08. The van der Waals surface area contributed by atoms with Gasteiger partial charge in [0, 0.05) is 13.2 Å². The van der Waals surface area contributed by atoms with Gasteiger partial charge >= 0.3 is 0 Å². The molecule has 1 saturated carbocycles. The molecule has 2 aliphatic rings. The summed E-state index contributed by atoms with van der Waals surface area (Å²) in [5.74, 6) is 0. The predicted molar refractivity (Wildman–Crippen MR) is 38.5 cm³/mol.